The summed E-state index contributed by atoms with van der Waals surface area (Å²) in [5.41, 5.74) is 0. The lowest BCUT2D eigenvalue weighted by Gasteiger charge is -2.19. The molecule has 0 rings (SSSR count). The van der Waals surface area contributed by atoms with Crippen LogP contribution >= 0.6 is 0 Å². The number of unbranched alkanes of at least 4 members (excludes halogenated alkanes) is 1. The Kier molecular flexibility index (Phi) is 8.46. The van der Waals surface area contributed by atoms with E-state index in [0.717, 1.165) is 26.1 Å². The Morgan fingerprint density at radius 2 is 2.00 bits per heavy atom. The van der Waals surface area contributed by atoms with Gasteiger partial charge < -0.3 is 9.47 Å². The summed E-state index contributed by atoms with van der Waals surface area (Å²) in [5.74, 6) is 0.483. The van der Waals surface area contributed by atoms with Crippen LogP contribution in [0.3, 0.4) is 0 Å². The van der Waals surface area contributed by atoms with E-state index in [1.54, 1.807) is 7.11 Å². The zero-order chi connectivity index (χ0) is 10.1. The van der Waals surface area contributed by atoms with Crippen molar-refractivity contribution in [3.63, 3.8) is 0 Å². The van der Waals surface area contributed by atoms with Gasteiger partial charge in [0.25, 0.3) is 0 Å². The summed E-state index contributed by atoms with van der Waals surface area (Å²) in [6.45, 7) is 9.93. The molecule has 13 heavy (non-hydrogen) atoms. The SMILES string of the molecule is [CH2]C(OCCCC)C(C)CCOC. The van der Waals surface area contributed by atoms with E-state index in [-0.39, 0.29) is 6.10 Å². The fourth-order valence-corrected chi connectivity index (χ4v) is 1.03. The zero-order valence-corrected chi connectivity index (χ0v) is 9.21. The van der Waals surface area contributed by atoms with Crippen LogP contribution in [0.2, 0.25) is 0 Å². The number of ether oxygens (including phenoxy) is 2. The monoisotopic (exact) mass is 187 g/mol. The van der Waals surface area contributed by atoms with Crippen LogP contribution in [0, 0.1) is 12.8 Å². The molecule has 0 fully saturated rings. The van der Waals surface area contributed by atoms with Gasteiger partial charge in [-0.15, -0.1) is 0 Å². The molecular weight excluding hydrogens is 164 g/mol. The topological polar surface area (TPSA) is 18.5 Å². The van der Waals surface area contributed by atoms with Gasteiger partial charge in [0.2, 0.25) is 0 Å². The lowest BCUT2D eigenvalue weighted by atomic mass is 10.0. The molecule has 0 aliphatic carbocycles. The van der Waals surface area contributed by atoms with Crippen LogP contribution < -0.4 is 0 Å². The summed E-state index contributed by atoms with van der Waals surface area (Å²) >= 11 is 0. The van der Waals surface area contributed by atoms with Crippen molar-refractivity contribution in [2.45, 2.75) is 39.2 Å². The standard InChI is InChI=1S/C11H23O2/c1-5-6-8-13-11(3)10(2)7-9-12-4/h10-11H,3,5-9H2,1-2,4H3. The molecule has 2 unspecified atom stereocenters. The van der Waals surface area contributed by atoms with Crippen LogP contribution in [0.5, 0.6) is 0 Å². The second-order valence-electron chi connectivity index (χ2n) is 3.52. The third-order valence-corrected chi connectivity index (χ3v) is 2.24. The van der Waals surface area contributed by atoms with E-state index >= 15 is 0 Å². The van der Waals surface area contributed by atoms with Gasteiger partial charge >= 0.3 is 0 Å². The van der Waals surface area contributed by atoms with Gasteiger partial charge in [-0.3, -0.25) is 0 Å². The summed E-state index contributed by atoms with van der Waals surface area (Å²) < 4.78 is 10.6. The first-order valence-corrected chi connectivity index (χ1v) is 5.16. The first-order chi connectivity index (χ1) is 6.22. The summed E-state index contributed by atoms with van der Waals surface area (Å²) in [5, 5.41) is 0. The first-order valence-electron chi connectivity index (χ1n) is 5.16. The lowest BCUT2D eigenvalue weighted by molar-refractivity contribution is 0.0350. The Balaban J connectivity index is 3.38. The van der Waals surface area contributed by atoms with Gasteiger partial charge in [0.15, 0.2) is 0 Å². The Morgan fingerprint density at radius 3 is 2.54 bits per heavy atom. The van der Waals surface area contributed by atoms with E-state index in [1.165, 1.54) is 6.42 Å². The second kappa shape index (κ2) is 8.52. The summed E-state index contributed by atoms with van der Waals surface area (Å²) in [6.07, 6.45) is 3.45. The highest BCUT2D eigenvalue weighted by Gasteiger charge is 2.11. The van der Waals surface area contributed by atoms with Crippen molar-refractivity contribution in [3.05, 3.63) is 6.92 Å². The molecule has 0 aromatic carbocycles. The molecule has 0 saturated heterocycles. The molecule has 0 N–H and O–H groups in total. The second-order valence-corrected chi connectivity index (χ2v) is 3.52. The minimum atomic E-state index is 0.113. The van der Waals surface area contributed by atoms with Crippen molar-refractivity contribution >= 4 is 0 Å². The van der Waals surface area contributed by atoms with Crippen molar-refractivity contribution in [3.8, 4) is 0 Å². The van der Waals surface area contributed by atoms with Crippen molar-refractivity contribution < 1.29 is 9.47 Å². The van der Waals surface area contributed by atoms with Gasteiger partial charge in [0.1, 0.15) is 0 Å². The van der Waals surface area contributed by atoms with E-state index in [1.807, 2.05) is 0 Å². The van der Waals surface area contributed by atoms with E-state index in [4.69, 9.17) is 9.47 Å². The average molecular weight is 187 g/mol. The summed E-state index contributed by atoms with van der Waals surface area (Å²) in [7, 11) is 1.72. The Hall–Kier alpha value is -0.0800. The fourth-order valence-electron chi connectivity index (χ4n) is 1.03. The molecule has 2 nitrogen and oxygen atoms in total. The maximum absolute atomic E-state index is 5.57. The third kappa shape index (κ3) is 7.03. The van der Waals surface area contributed by atoms with Gasteiger partial charge in [-0.1, -0.05) is 20.3 Å². The van der Waals surface area contributed by atoms with Crippen LogP contribution in [0.25, 0.3) is 0 Å². The van der Waals surface area contributed by atoms with Crippen molar-refractivity contribution in [1.82, 2.24) is 0 Å². The third-order valence-electron chi connectivity index (χ3n) is 2.24. The van der Waals surface area contributed by atoms with E-state index in [2.05, 4.69) is 20.8 Å². The van der Waals surface area contributed by atoms with Gasteiger partial charge in [0.05, 0.1) is 6.10 Å². The van der Waals surface area contributed by atoms with Crippen LogP contribution in [0.1, 0.15) is 33.1 Å². The Labute approximate surface area is 82.6 Å². The Bertz CT molecular complexity index is 104. The van der Waals surface area contributed by atoms with E-state index in [0.29, 0.717) is 5.92 Å². The van der Waals surface area contributed by atoms with Crippen molar-refractivity contribution in [1.29, 1.82) is 0 Å². The predicted octanol–water partition coefficient (Wildman–Crippen LogP) is 2.68. The molecule has 0 aromatic rings. The molecule has 0 saturated carbocycles. The fraction of sp³-hybridized carbons (Fsp3) is 0.909. The highest BCUT2D eigenvalue weighted by Crippen LogP contribution is 2.11. The van der Waals surface area contributed by atoms with E-state index < -0.39 is 0 Å². The minimum absolute atomic E-state index is 0.113. The molecule has 0 amide bonds. The quantitative estimate of drug-likeness (QED) is 0.544. The summed E-state index contributed by atoms with van der Waals surface area (Å²) in [4.78, 5) is 0. The lowest BCUT2D eigenvalue weighted by Crippen LogP contribution is -2.20. The van der Waals surface area contributed by atoms with Crippen LogP contribution in [0.4, 0.5) is 0 Å². The van der Waals surface area contributed by atoms with E-state index in [9.17, 15) is 0 Å². The maximum Gasteiger partial charge on any atom is 0.0602 e. The van der Waals surface area contributed by atoms with Gasteiger partial charge in [-0.2, -0.15) is 0 Å². The van der Waals surface area contributed by atoms with Crippen LogP contribution in [-0.4, -0.2) is 26.4 Å². The molecule has 0 heterocycles. The molecule has 0 aromatic heterocycles. The van der Waals surface area contributed by atoms with Crippen LogP contribution in [0.15, 0.2) is 0 Å². The minimum Gasteiger partial charge on any atom is -0.385 e. The highest BCUT2D eigenvalue weighted by molar-refractivity contribution is 4.68. The van der Waals surface area contributed by atoms with Gasteiger partial charge in [0, 0.05) is 20.3 Å². The number of methoxy groups -OCH3 is 1. The molecule has 0 aliphatic rings. The number of hydrogen-bond acceptors (Lipinski definition) is 2. The molecule has 0 spiro atoms. The molecule has 79 valence electrons. The predicted molar refractivity (Wildman–Crippen MR) is 55.7 cm³/mol. The molecule has 0 aliphatic heterocycles. The summed E-state index contributed by atoms with van der Waals surface area (Å²) in [6, 6.07) is 0. The van der Waals surface area contributed by atoms with Crippen molar-refractivity contribution in [2.24, 2.45) is 5.92 Å². The van der Waals surface area contributed by atoms with Crippen LogP contribution in [-0.2, 0) is 9.47 Å². The first kappa shape index (κ1) is 12.9. The smallest absolute Gasteiger partial charge is 0.0602 e. The largest absolute Gasteiger partial charge is 0.385 e. The normalized spacial score (nSPS) is 15.7. The Morgan fingerprint density at radius 1 is 1.31 bits per heavy atom. The molecule has 2 heteroatoms. The molecule has 1 radical (unpaired) electrons. The average Bonchev–Trinajstić information content (AvgIpc) is 2.14. The molecule has 0 bridgehead atoms. The zero-order valence-electron chi connectivity index (χ0n) is 9.21. The number of hydrogen-bond donors (Lipinski definition) is 0. The van der Waals surface area contributed by atoms with Gasteiger partial charge in [-0.25, -0.2) is 0 Å². The maximum atomic E-state index is 5.57. The van der Waals surface area contributed by atoms with Gasteiger partial charge in [-0.05, 0) is 25.7 Å². The molecule has 2 atom stereocenters. The highest BCUT2D eigenvalue weighted by atomic mass is 16.5. The number of rotatable bonds is 8. The molecular formula is C11H23O2. The van der Waals surface area contributed by atoms with Crippen molar-refractivity contribution in [2.75, 3.05) is 20.3 Å².